The Morgan fingerprint density at radius 2 is 1.86 bits per heavy atom. The van der Waals surface area contributed by atoms with E-state index in [1.54, 1.807) is 6.20 Å². The van der Waals surface area contributed by atoms with Gasteiger partial charge in [0.2, 0.25) is 0 Å². The number of rotatable bonds is 2. The lowest BCUT2D eigenvalue weighted by Crippen LogP contribution is -2.00. The van der Waals surface area contributed by atoms with Crippen LogP contribution in [0.4, 0.5) is 11.5 Å². The van der Waals surface area contributed by atoms with Crippen LogP contribution in [0.1, 0.15) is 11.1 Å². The Hall–Kier alpha value is -2.88. The van der Waals surface area contributed by atoms with Crippen molar-refractivity contribution in [2.75, 3.05) is 5.32 Å². The minimum atomic E-state index is 0.770. The smallest absolute Gasteiger partial charge is 0.180 e. The summed E-state index contributed by atoms with van der Waals surface area (Å²) in [6.45, 7) is 4.22. The van der Waals surface area contributed by atoms with Crippen LogP contribution in [0.3, 0.4) is 0 Å². The number of nitrogens with zero attached hydrogens (tertiary/aromatic N) is 3. The first-order valence-electron chi connectivity index (χ1n) is 7.28. The third-order valence-electron chi connectivity index (χ3n) is 4.00. The van der Waals surface area contributed by atoms with Crippen LogP contribution in [0.15, 0.2) is 54.9 Å². The molecular formula is C18H16N4. The van der Waals surface area contributed by atoms with E-state index in [4.69, 9.17) is 4.98 Å². The van der Waals surface area contributed by atoms with Gasteiger partial charge in [-0.3, -0.25) is 4.40 Å². The molecule has 0 fully saturated rings. The molecule has 0 saturated heterocycles. The summed E-state index contributed by atoms with van der Waals surface area (Å²) in [5, 5.41) is 3.40. The molecule has 4 aromatic rings. The fourth-order valence-corrected chi connectivity index (χ4v) is 2.65. The van der Waals surface area contributed by atoms with Crippen LogP contribution in [0.25, 0.3) is 16.7 Å². The molecule has 0 bridgehead atoms. The predicted octanol–water partition coefficient (Wildman–Crippen LogP) is 4.24. The SMILES string of the molecule is Cc1ccc(Nc2nc3ccccc3n3ccnc23)cc1C. The quantitative estimate of drug-likeness (QED) is 0.600. The first-order chi connectivity index (χ1) is 10.7. The van der Waals surface area contributed by atoms with Gasteiger partial charge in [-0.05, 0) is 49.2 Å². The number of hydrogen-bond donors (Lipinski definition) is 1. The van der Waals surface area contributed by atoms with Crippen LogP contribution in [0, 0.1) is 13.8 Å². The number of benzene rings is 2. The van der Waals surface area contributed by atoms with Crippen molar-refractivity contribution in [2.24, 2.45) is 0 Å². The monoisotopic (exact) mass is 288 g/mol. The van der Waals surface area contributed by atoms with Gasteiger partial charge in [0, 0.05) is 18.1 Å². The second-order valence-corrected chi connectivity index (χ2v) is 5.49. The molecule has 0 atom stereocenters. The third-order valence-corrected chi connectivity index (χ3v) is 4.00. The van der Waals surface area contributed by atoms with Crippen LogP contribution in [0.2, 0.25) is 0 Å². The molecule has 0 unspecified atom stereocenters. The maximum absolute atomic E-state index is 4.73. The number of anilines is 2. The van der Waals surface area contributed by atoms with Crippen LogP contribution in [0.5, 0.6) is 0 Å². The van der Waals surface area contributed by atoms with Crippen LogP contribution in [-0.2, 0) is 0 Å². The number of imidazole rings is 1. The molecule has 22 heavy (non-hydrogen) atoms. The summed E-state index contributed by atoms with van der Waals surface area (Å²) in [4.78, 5) is 9.17. The van der Waals surface area contributed by atoms with E-state index in [1.807, 2.05) is 24.4 Å². The fraction of sp³-hybridized carbons (Fsp3) is 0.111. The van der Waals surface area contributed by atoms with Crippen LogP contribution < -0.4 is 5.32 Å². The zero-order valence-electron chi connectivity index (χ0n) is 12.5. The number of aryl methyl sites for hydroxylation is 2. The van der Waals surface area contributed by atoms with Gasteiger partial charge in [0.1, 0.15) is 0 Å². The van der Waals surface area contributed by atoms with E-state index in [0.717, 1.165) is 28.2 Å². The third kappa shape index (κ3) is 2.00. The van der Waals surface area contributed by atoms with Crippen molar-refractivity contribution < 1.29 is 0 Å². The number of nitrogens with one attached hydrogen (secondary N) is 1. The molecule has 0 aliphatic carbocycles. The Labute approximate surface area is 128 Å². The molecule has 4 nitrogen and oxygen atoms in total. The van der Waals surface area contributed by atoms with Gasteiger partial charge in [-0.1, -0.05) is 18.2 Å². The number of para-hydroxylation sites is 2. The lowest BCUT2D eigenvalue weighted by atomic mass is 10.1. The Morgan fingerprint density at radius 1 is 1.00 bits per heavy atom. The molecule has 2 aromatic carbocycles. The van der Waals surface area contributed by atoms with Crippen molar-refractivity contribution in [3.05, 3.63) is 66.0 Å². The van der Waals surface area contributed by atoms with Crippen molar-refractivity contribution in [3.8, 4) is 0 Å². The minimum absolute atomic E-state index is 0.770. The van der Waals surface area contributed by atoms with E-state index in [0.29, 0.717) is 0 Å². The Bertz CT molecular complexity index is 985. The lowest BCUT2D eigenvalue weighted by molar-refractivity contribution is 1.20. The van der Waals surface area contributed by atoms with Gasteiger partial charge in [0.05, 0.1) is 11.0 Å². The van der Waals surface area contributed by atoms with Crippen molar-refractivity contribution in [2.45, 2.75) is 13.8 Å². The average molecular weight is 288 g/mol. The highest BCUT2D eigenvalue weighted by Gasteiger charge is 2.09. The van der Waals surface area contributed by atoms with Gasteiger partial charge in [-0.25, -0.2) is 9.97 Å². The second kappa shape index (κ2) is 4.84. The summed E-state index contributed by atoms with van der Waals surface area (Å²) in [7, 11) is 0. The zero-order valence-corrected chi connectivity index (χ0v) is 12.5. The lowest BCUT2D eigenvalue weighted by Gasteiger charge is -2.11. The maximum atomic E-state index is 4.73. The van der Waals surface area contributed by atoms with Crippen LogP contribution >= 0.6 is 0 Å². The van der Waals surface area contributed by atoms with Gasteiger partial charge in [0.25, 0.3) is 0 Å². The fourth-order valence-electron chi connectivity index (χ4n) is 2.65. The van der Waals surface area contributed by atoms with E-state index in [1.165, 1.54) is 11.1 Å². The molecule has 4 heteroatoms. The molecule has 0 spiro atoms. The van der Waals surface area contributed by atoms with E-state index < -0.39 is 0 Å². The van der Waals surface area contributed by atoms with Crippen molar-refractivity contribution >= 4 is 28.2 Å². The normalized spacial score (nSPS) is 11.2. The van der Waals surface area contributed by atoms with Gasteiger partial charge in [-0.2, -0.15) is 0 Å². The summed E-state index contributed by atoms with van der Waals surface area (Å²) in [6.07, 6.45) is 3.76. The summed E-state index contributed by atoms with van der Waals surface area (Å²) in [5.41, 5.74) is 6.39. The van der Waals surface area contributed by atoms with E-state index in [-0.39, 0.29) is 0 Å². The second-order valence-electron chi connectivity index (χ2n) is 5.49. The highest BCUT2D eigenvalue weighted by atomic mass is 15.1. The van der Waals surface area contributed by atoms with Gasteiger partial charge in [-0.15, -0.1) is 0 Å². The molecule has 2 aromatic heterocycles. The molecule has 108 valence electrons. The summed E-state index contributed by atoms with van der Waals surface area (Å²) in [5.74, 6) is 0.770. The average Bonchev–Trinajstić information content (AvgIpc) is 3.01. The molecule has 0 radical (unpaired) electrons. The summed E-state index contributed by atoms with van der Waals surface area (Å²) < 4.78 is 2.06. The van der Waals surface area contributed by atoms with Gasteiger partial charge < -0.3 is 5.32 Å². The maximum Gasteiger partial charge on any atom is 0.180 e. The van der Waals surface area contributed by atoms with Gasteiger partial charge in [0.15, 0.2) is 11.5 Å². The summed E-state index contributed by atoms with van der Waals surface area (Å²) in [6, 6.07) is 14.4. The molecule has 0 saturated carbocycles. The Morgan fingerprint density at radius 3 is 2.73 bits per heavy atom. The molecular weight excluding hydrogens is 272 g/mol. The standard InChI is InChI=1S/C18H16N4/c1-12-7-8-14(11-13(12)2)20-17-18-19-9-10-22(18)16-6-4-3-5-15(16)21-17/h3-11H,1-2H3,(H,20,21). The largest absolute Gasteiger partial charge is 0.337 e. The van der Waals surface area contributed by atoms with E-state index >= 15 is 0 Å². The Kier molecular flexibility index (Phi) is 2.82. The molecule has 0 aliphatic heterocycles. The number of hydrogen-bond acceptors (Lipinski definition) is 3. The molecule has 2 heterocycles. The van der Waals surface area contributed by atoms with Crippen LogP contribution in [-0.4, -0.2) is 14.4 Å². The van der Waals surface area contributed by atoms with Crippen molar-refractivity contribution in [1.82, 2.24) is 14.4 Å². The van der Waals surface area contributed by atoms with E-state index in [9.17, 15) is 0 Å². The first kappa shape index (κ1) is 12.8. The topological polar surface area (TPSA) is 42.2 Å². The first-order valence-corrected chi connectivity index (χ1v) is 7.28. The Balaban J connectivity index is 1.89. The zero-order chi connectivity index (χ0) is 15.1. The molecule has 0 amide bonds. The molecule has 4 rings (SSSR count). The highest BCUT2D eigenvalue weighted by molar-refractivity contribution is 5.84. The highest BCUT2D eigenvalue weighted by Crippen LogP contribution is 2.24. The molecule has 0 aliphatic rings. The minimum Gasteiger partial charge on any atom is -0.337 e. The van der Waals surface area contributed by atoms with E-state index in [2.05, 4.69) is 52.8 Å². The predicted molar refractivity (Wildman–Crippen MR) is 89.7 cm³/mol. The number of fused-ring (bicyclic) bond motifs is 3. The summed E-state index contributed by atoms with van der Waals surface area (Å²) >= 11 is 0. The number of aromatic nitrogens is 3. The van der Waals surface area contributed by atoms with Crippen molar-refractivity contribution in [3.63, 3.8) is 0 Å². The van der Waals surface area contributed by atoms with Crippen molar-refractivity contribution in [1.29, 1.82) is 0 Å². The molecule has 1 N–H and O–H groups in total. The van der Waals surface area contributed by atoms with Gasteiger partial charge >= 0.3 is 0 Å².